The van der Waals surface area contributed by atoms with Crippen molar-refractivity contribution in [3.8, 4) is 54.9 Å². The van der Waals surface area contributed by atoms with Crippen LogP contribution in [0, 0.1) is 64.2 Å². The van der Waals surface area contributed by atoms with Gasteiger partial charge in [-0.2, -0.15) is 0 Å². The van der Waals surface area contributed by atoms with E-state index in [0.717, 1.165) is 78.9 Å². The molecular formula is C57H59NO2S2Zr-2. The number of phenolic OH excluding ortho intramolecular Hbond substituents is 2. The Kier molecular flexibility index (Phi) is 10.9. The average molecular weight is 945 g/mol. The number of hydrogen-bond donors (Lipinski definition) is 2. The molecule has 0 radical (unpaired) electrons. The van der Waals surface area contributed by atoms with Crippen LogP contribution in [0.5, 0.6) is 11.5 Å². The molecule has 8 saturated carbocycles. The van der Waals surface area contributed by atoms with Gasteiger partial charge < -0.3 is 25.1 Å². The van der Waals surface area contributed by atoms with Crippen LogP contribution in [0.4, 0.5) is 0 Å². The van der Waals surface area contributed by atoms with E-state index in [-0.39, 0.29) is 51.9 Å². The Morgan fingerprint density at radius 3 is 1.21 bits per heavy atom. The summed E-state index contributed by atoms with van der Waals surface area (Å²) in [5.41, 5.74) is 10.9. The molecular weight excluding hydrogens is 886 g/mol. The molecule has 2 N–H and O–H groups in total. The van der Waals surface area contributed by atoms with Gasteiger partial charge in [-0.3, -0.25) is 0 Å². The Bertz CT molecular complexity index is 2660. The van der Waals surface area contributed by atoms with Gasteiger partial charge in [-0.1, -0.05) is 54.6 Å². The molecule has 0 atom stereocenters. The van der Waals surface area contributed by atoms with Gasteiger partial charge in [-0.05, 0) is 185 Å². The minimum Gasteiger partial charge on any atom is -0.507 e. The fourth-order valence-electron chi connectivity index (χ4n) is 15.3. The molecule has 8 aliphatic carbocycles. The molecule has 3 nitrogen and oxygen atoms in total. The third kappa shape index (κ3) is 6.72. The van der Waals surface area contributed by atoms with E-state index in [9.17, 15) is 10.2 Å². The normalized spacial score (nSPS) is 28.5. The van der Waals surface area contributed by atoms with E-state index in [1.807, 2.05) is 0 Å². The van der Waals surface area contributed by atoms with Crippen LogP contribution < -0.4 is 0 Å². The number of rotatable bonds is 6. The number of phenols is 2. The van der Waals surface area contributed by atoms with Gasteiger partial charge in [0, 0.05) is 89.5 Å². The molecule has 7 aromatic rings. The van der Waals surface area contributed by atoms with Crippen LogP contribution in [0.1, 0.15) is 99.3 Å². The van der Waals surface area contributed by atoms with Crippen molar-refractivity contribution in [1.82, 2.24) is 4.98 Å². The van der Waals surface area contributed by atoms with Gasteiger partial charge in [0.15, 0.2) is 0 Å². The zero-order valence-electron chi connectivity index (χ0n) is 37.3. The van der Waals surface area contributed by atoms with Crippen molar-refractivity contribution in [2.75, 3.05) is 0 Å². The minimum absolute atomic E-state index is 0. The maximum absolute atomic E-state index is 12.6. The fraction of sp³-hybridized carbons (Fsp3) is 0.386. The molecule has 0 spiro atoms. The smallest absolute Gasteiger partial charge is 0.128 e. The van der Waals surface area contributed by atoms with Crippen molar-refractivity contribution in [3.05, 3.63) is 128 Å². The predicted molar refractivity (Wildman–Crippen MR) is 262 cm³/mol. The summed E-state index contributed by atoms with van der Waals surface area (Å²) in [5, 5.41) is 27.6. The molecule has 6 heteroatoms. The van der Waals surface area contributed by atoms with Crippen molar-refractivity contribution < 1.29 is 36.4 Å². The van der Waals surface area contributed by atoms with Crippen LogP contribution >= 0.6 is 22.7 Å². The molecule has 63 heavy (non-hydrogen) atoms. The number of benzene rings is 4. The zero-order valence-corrected chi connectivity index (χ0v) is 41.4. The third-order valence-electron chi connectivity index (χ3n) is 16.7. The van der Waals surface area contributed by atoms with E-state index in [0.29, 0.717) is 11.5 Å². The first-order valence-corrected chi connectivity index (χ1v) is 24.5. The first kappa shape index (κ1) is 43.3. The molecule has 0 saturated heterocycles. The second-order valence-electron chi connectivity index (χ2n) is 20.8. The molecule has 4 aromatic carbocycles. The van der Waals surface area contributed by atoms with Crippen LogP contribution in [0.25, 0.3) is 63.6 Å². The van der Waals surface area contributed by atoms with Crippen molar-refractivity contribution in [1.29, 1.82) is 0 Å². The van der Waals surface area contributed by atoms with E-state index >= 15 is 0 Å². The fourth-order valence-corrected chi connectivity index (χ4v) is 17.7. The molecule has 15 rings (SSSR count). The predicted octanol–water partition coefficient (Wildman–Crippen LogP) is 16.0. The molecule has 0 amide bonds. The van der Waals surface area contributed by atoms with Crippen LogP contribution in [0.15, 0.2) is 91.0 Å². The van der Waals surface area contributed by atoms with Crippen molar-refractivity contribution in [2.45, 2.75) is 102 Å². The van der Waals surface area contributed by atoms with Crippen LogP contribution in [0.2, 0.25) is 0 Å². The van der Waals surface area contributed by atoms with Gasteiger partial charge >= 0.3 is 0 Å². The van der Waals surface area contributed by atoms with Gasteiger partial charge in [0.1, 0.15) is 11.5 Å². The number of pyridine rings is 1. The third-order valence-corrected chi connectivity index (χ3v) is 19.1. The van der Waals surface area contributed by atoms with Crippen LogP contribution in [0.3, 0.4) is 0 Å². The Hall–Kier alpha value is -3.57. The van der Waals surface area contributed by atoms with Crippen LogP contribution in [-0.2, 0) is 37.0 Å². The van der Waals surface area contributed by atoms with E-state index < -0.39 is 0 Å². The molecule has 8 fully saturated rings. The van der Waals surface area contributed by atoms with E-state index in [4.69, 9.17) is 4.98 Å². The Balaban J connectivity index is 0.00000157. The summed E-state index contributed by atoms with van der Waals surface area (Å²) < 4.78 is 2.41. The van der Waals surface area contributed by atoms with Crippen LogP contribution in [-0.4, -0.2) is 15.2 Å². The number of aromatic nitrogens is 1. The standard InChI is InChI=1S/C55H53NO2S2.2CH3.Zr/c1-30-14-40(50(57)42(16-30)54-24-32-18-33(25-54)20-34(19-32)26-54)52-48(38-8-3-5-12-46(38)59-52)44-10-7-11-45(56-44)49-39-9-4-6-13-47(39)60-53(49)41-15-31(2)17-43(51(41)58)55-27-35-21-36(28-55)23-37(22-35)29-55;;;/h3-17,32-37,57-58H,18-29H2,1-2H3;2*1H3;/q;2*-1;. The van der Waals surface area contributed by atoms with Gasteiger partial charge in [-0.25, -0.2) is 4.98 Å². The van der Waals surface area contributed by atoms with E-state index in [1.165, 1.54) is 119 Å². The molecule has 3 aromatic heterocycles. The van der Waals surface area contributed by atoms with E-state index in [1.54, 1.807) is 22.7 Å². The molecule has 8 bridgehead atoms. The first-order chi connectivity index (χ1) is 29.2. The molecule has 8 aliphatic rings. The number of thiophene rings is 2. The summed E-state index contributed by atoms with van der Waals surface area (Å²) in [4.78, 5) is 7.83. The SMILES string of the molecule is Cc1cc(-c2sc3ccccc3c2-c2cccc(-c3c(-c4cc(C)cc(C56CC7CC(CC(C7)C5)C6)c4O)sc4ccccc34)n2)c(O)c(C23CC4CC(CC(C4)C2)C3)c1.[CH3-].[CH3-].[Zr]. The maximum atomic E-state index is 12.6. The zero-order chi connectivity index (χ0) is 40.1. The average Bonchev–Trinajstić information content (AvgIpc) is 3.81. The van der Waals surface area contributed by atoms with Gasteiger partial charge in [0.05, 0.1) is 11.4 Å². The summed E-state index contributed by atoms with van der Waals surface area (Å²) in [6.45, 7) is 4.44. The summed E-state index contributed by atoms with van der Waals surface area (Å²) in [7, 11) is 0. The topological polar surface area (TPSA) is 53.4 Å². The minimum atomic E-state index is 0. The monoisotopic (exact) mass is 943 g/mol. The summed E-state index contributed by atoms with van der Waals surface area (Å²) in [6.07, 6.45) is 15.6. The summed E-state index contributed by atoms with van der Waals surface area (Å²) in [6, 6.07) is 33.0. The van der Waals surface area contributed by atoms with E-state index in [2.05, 4.69) is 105 Å². The summed E-state index contributed by atoms with van der Waals surface area (Å²) >= 11 is 3.57. The van der Waals surface area contributed by atoms with Crippen molar-refractivity contribution >= 4 is 42.8 Å². The summed E-state index contributed by atoms with van der Waals surface area (Å²) in [5.74, 6) is 5.78. The first-order valence-electron chi connectivity index (χ1n) is 22.9. The molecule has 0 aliphatic heterocycles. The van der Waals surface area contributed by atoms with Crippen molar-refractivity contribution in [2.24, 2.45) is 35.5 Å². The van der Waals surface area contributed by atoms with Gasteiger partial charge in [0.25, 0.3) is 0 Å². The number of hydrogen-bond acceptors (Lipinski definition) is 5. The second kappa shape index (κ2) is 15.8. The number of aryl methyl sites for hydroxylation is 2. The number of fused-ring (bicyclic) bond motifs is 2. The van der Waals surface area contributed by atoms with Crippen molar-refractivity contribution in [3.63, 3.8) is 0 Å². The quantitative estimate of drug-likeness (QED) is 0.163. The number of nitrogens with zero attached hydrogens (tertiary/aromatic N) is 1. The molecule has 322 valence electrons. The Morgan fingerprint density at radius 1 is 0.492 bits per heavy atom. The molecule has 3 heterocycles. The van der Waals surface area contributed by atoms with Gasteiger partial charge in [0.2, 0.25) is 0 Å². The largest absolute Gasteiger partial charge is 0.507 e. The number of aromatic hydroxyl groups is 2. The Morgan fingerprint density at radius 2 is 0.841 bits per heavy atom. The second-order valence-corrected chi connectivity index (χ2v) is 22.9. The van der Waals surface area contributed by atoms with Gasteiger partial charge in [-0.15, -0.1) is 22.7 Å². The maximum Gasteiger partial charge on any atom is 0.128 e. The Labute approximate surface area is 401 Å². The molecule has 0 unspecified atom stereocenters.